The Labute approximate surface area is 206 Å². The highest BCUT2D eigenvalue weighted by molar-refractivity contribution is 5.84. The number of carboxylic acid groups (broad SMARTS) is 1. The molecule has 184 valence electrons. The topological polar surface area (TPSA) is 80.9 Å². The van der Waals surface area contributed by atoms with Crippen LogP contribution in [0.3, 0.4) is 0 Å². The van der Waals surface area contributed by atoms with E-state index in [0.717, 1.165) is 42.2 Å². The van der Waals surface area contributed by atoms with Crippen LogP contribution in [0.1, 0.15) is 40.5 Å². The van der Waals surface area contributed by atoms with Crippen molar-refractivity contribution in [3.05, 3.63) is 88.8 Å². The van der Waals surface area contributed by atoms with Gasteiger partial charge in [-0.25, -0.2) is 4.79 Å². The molecule has 4 rings (SSSR count). The maximum atomic E-state index is 11.7. The van der Waals surface area contributed by atoms with E-state index in [1.54, 1.807) is 20.3 Å². The number of carbonyl (C=O) groups is 1. The molecular weight excluding hydrogens is 442 g/mol. The summed E-state index contributed by atoms with van der Waals surface area (Å²) in [6.45, 7) is 2.49. The van der Waals surface area contributed by atoms with Crippen LogP contribution in [-0.4, -0.2) is 35.0 Å². The summed E-state index contributed by atoms with van der Waals surface area (Å²) in [4.78, 5) is 11.0. The summed E-state index contributed by atoms with van der Waals surface area (Å²) in [6, 6.07) is 16.1. The molecule has 1 aliphatic rings. The quantitative estimate of drug-likeness (QED) is 0.400. The number of rotatable bonds is 10. The number of aromatic nitrogens is 1. The van der Waals surface area contributed by atoms with Crippen molar-refractivity contribution in [2.75, 3.05) is 14.2 Å². The number of carboxylic acids is 1. The fourth-order valence-electron chi connectivity index (χ4n) is 5.25. The number of hydrogen-bond acceptors (Lipinski definition) is 4. The van der Waals surface area contributed by atoms with Crippen molar-refractivity contribution < 1.29 is 24.5 Å². The molecule has 0 bridgehead atoms. The van der Waals surface area contributed by atoms with Gasteiger partial charge in [-0.15, -0.1) is 0 Å². The van der Waals surface area contributed by atoms with Gasteiger partial charge >= 0.3 is 5.97 Å². The summed E-state index contributed by atoms with van der Waals surface area (Å²) >= 11 is 0. The number of fused-ring (bicyclic) bond motifs is 1. The van der Waals surface area contributed by atoms with E-state index in [9.17, 15) is 9.90 Å². The number of methoxy groups -OCH3 is 2. The van der Waals surface area contributed by atoms with Gasteiger partial charge in [0.05, 0.1) is 20.3 Å². The van der Waals surface area contributed by atoms with Gasteiger partial charge in [-0.05, 0) is 79.1 Å². The number of aliphatic hydroxyl groups is 1. The van der Waals surface area contributed by atoms with Crippen molar-refractivity contribution in [1.29, 1.82) is 0 Å². The number of nitrogens with zero attached hydrogens (tertiary/aromatic N) is 1. The van der Waals surface area contributed by atoms with Crippen molar-refractivity contribution in [2.45, 2.75) is 38.8 Å². The molecule has 1 aliphatic carbocycles. The van der Waals surface area contributed by atoms with E-state index in [4.69, 9.17) is 14.6 Å². The van der Waals surface area contributed by atoms with Crippen molar-refractivity contribution in [2.24, 2.45) is 11.8 Å². The van der Waals surface area contributed by atoms with Crippen molar-refractivity contribution >= 4 is 12.0 Å². The highest BCUT2D eigenvalue weighted by Gasteiger charge is 2.30. The molecule has 0 unspecified atom stereocenters. The minimum atomic E-state index is -0.989. The molecule has 2 N–H and O–H groups in total. The molecule has 1 aromatic heterocycles. The zero-order chi connectivity index (χ0) is 24.9. The van der Waals surface area contributed by atoms with Gasteiger partial charge in [-0.1, -0.05) is 24.3 Å². The first-order valence-corrected chi connectivity index (χ1v) is 11.9. The predicted octanol–water partition coefficient (Wildman–Crippen LogP) is 5.07. The minimum absolute atomic E-state index is 0.101. The van der Waals surface area contributed by atoms with E-state index in [0.29, 0.717) is 24.0 Å². The normalized spacial score (nSPS) is 15.2. The summed E-state index contributed by atoms with van der Waals surface area (Å²) in [6.07, 6.45) is 6.74. The van der Waals surface area contributed by atoms with Crippen LogP contribution in [0.2, 0.25) is 0 Å². The Hall–Kier alpha value is -3.51. The smallest absolute Gasteiger partial charge is 0.328 e. The third-order valence-electron chi connectivity index (χ3n) is 7.03. The first-order valence-electron chi connectivity index (χ1n) is 11.9. The summed E-state index contributed by atoms with van der Waals surface area (Å²) in [7, 11) is 3.23. The lowest BCUT2D eigenvalue weighted by molar-refractivity contribution is -0.131. The number of aliphatic hydroxyl groups excluding tert-OH is 1. The number of aliphatic carboxylic acids is 1. The van der Waals surface area contributed by atoms with Gasteiger partial charge in [0, 0.05) is 36.0 Å². The van der Waals surface area contributed by atoms with E-state index < -0.39 is 12.1 Å². The van der Waals surface area contributed by atoms with Crippen molar-refractivity contribution in [3.8, 4) is 11.5 Å². The van der Waals surface area contributed by atoms with E-state index in [1.807, 2.05) is 42.0 Å². The Kier molecular flexibility index (Phi) is 7.61. The lowest BCUT2D eigenvalue weighted by Crippen LogP contribution is -2.23. The summed E-state index contributed by atoms with van der Waals surface area (Å²) < 4.78 is 13.1. The minimum Gasteiger partial charge on any atom is -0.496 e. The third kappa shape index (κ3) is 5.60. The molecule has 6 nitrogen and oxygen atoms in total. The van der Waals surface area contributed by atoms with Gasteiger partial charge in [0.1, 0.15) is 11.5 Å². The zero-order valence-electron chi connectivity index (χ0n) is 20.5. The molecular formula is C29H33NO5. The molecule has 35 heavy (non-hydrogen) atoms. The monoisotopic (exact) mass is 475 g/mol. The van der Waals surface area contributed by atoms with Crippen LogP contribution >= 0.6 is 0 Å². The number of ether oxygens (including phenoxy) is 2. The maximum Gasteiger partial charge on any atom is 0.328 e. The fraction of sp³-hybridized carbons (Fsp3) is 0.345. The Morgan fingerprint density at radius 2 is 1.71 bits per heavy atom. The summed E-state index contributed by atoms with van der Waals surface area (Å²) in [5.41, 5.74) is 5.20. The molecule has 0 saturated heterocycles. The van der Waals surface area contributed by atoms with E-state index in [-0.39, 0.29) is 5.92 Å². The molecule has 2 aromatic carbocycles. The van der Waals surface area contributed by atoms with Crippen LogP contribution < -0.4 is 9.47 Å². The molecule has 0 aliphatic heterocycles. The molecule has 3 aromatic rings. The third-order valence-corrected chi connectivity index (χ3v) is 7.03. The van der Waals surface area contributed by atoms with Gasteiger partial charge in [0.2, 0.25) is 0 Å². The SMILES string of the molecule is COc1cc([C@@H](O)[C@@H](CC2Cc3ccccc3C2)Cn2cccc2C=CC(=O)O)cc(OC)c1C. The average Bonchev–Trinajstić information content (AvgIpc) is 3.48. The standard InChI is InChI=1S/C29H33NO5/c1-19-26(34-2)16-23(17-27(19)35-3)29(33)24(15-20-13-21-7-4-5-8-22(21)14-20)18-30-12-6-9-25(30)10-11-28(31)32/h4-12,16-17,20,24,29,33H,13-15,18H2,1-3H3,(H,31,32)/t24-,29+/m0/s1. The maximum absolute atomic E-state index is 11.7. The van der Waals surface area contributed by atoms with E-state index >= 15 is 0 Å². The van der Waals surface area contributed by atoms with Crippen LogP contribution in [0.4, 0.5) is 0 Å². The van der Waals surface area contributed by atoms with Crippen LogP contribution in [0, 0.1) is 18.8 Å². The highest BCUT2D eigenvalue weighted by atomic mass is 16.5. The van der Waals surface area contributed by atoms with Gasteiger partial charge in [0.25, 0.3) is 0 Å². The van der Waals surface area contributed by atoms with Crippen LogP contribution in [-0.2, 0) is 24.2 Å². The Bertz CT molecular complexity index is 1160. The van der Waals surface area contributed by atoms with Crippen molar-refractivity contribution in [3.63, 3.8) is 0 Å². The van der Waals surface area contributed by atoms with Gasteiger partial charge < -0.3 is 24.3 Å². The molecule has 0 amide bonds. The predicted molar refractivity (Wildman–Crippen MR) is 136 cm³/mol. The highest BCUT2D eigenvalue weighted by Crippen LogP contribution is 2.39. The fourth-order valence-corrected chi connectivity index (χ4v) is 5.25. The number of hydrogen-bond donors (Lipinski definition) is 2. The summed E-state index contributed by atoms with van der Waals surface area (Å²) in [5, 5.41) is 20.7. The Balaban J connectivity index is 1.64. The molecule has 0 fully saturated rings. The molecule has 6 heteroatoms. The van der Waals surface area contributed by atoms with Crippen LogP contribution in [0.25, 0.3) is 6.08 Å². The first-order chi connectivity index (χ1) is 16.9. The molecule has 1 heterocycles. The van der Waals surface area contributed by atoms with Crippen LogP contribution in [0.5, 0.6) is 11.5 Å². The molecule has 0 saturated carbocycles. The van der Waals surface area contributed by atoms with E-state index in [1.165, 1.54) is 11.1 Å². The molecule has 0 radical (unpaired) electrons. The van der Waals surface area contributed by atoms with Crippen LogP contribution in [0.15, 0.2) is 60.8 Å². The average molecular weight is 476 g/mol. The largest absolute Gasteiger partial charge is 0.496 e. The lowest BCUT2D eigenvalue weighted by atomic mass is 9.85. The second kappa shape index (κ2) is 10.8. The van der Waals surface area contributed by atoms with E-state index in [2.05, 4.69) is 24.3 Å². The first kappa shape index (κ1) is 24.6. The zero-order valence-corrected chi connectivity index (χ0v) is 20.5. The Morgan fingerprint density at radius 1 is 1.09 bits per heavy atom. The van der Waals surface area contributed by atoms with Crippen molar-refractivity contribution in [1.82, 2.24) is 4.57 Å². The molecule has 2 atom stereocenters. The van der Waals surface area contributed by atoms with Gasteiger partial charge in [0.15, 0.2) is 0 Å². The second-order valence-electron chi connectivity index (χ2n) is 9.29. The summed E-state index contributed by atoms with van der Waals surface area (Å²) in [5.74, 6) is 0.690. The van der Waals surface area contributed by atoms with Gasteiger partial charge in [-0.2, -0.15) is 0 Å². The lowest BCUT2D eigenvalue weighted by Gasteiger charge is -2.28. The Morgan fingerprint density at radius 3 is 2.29 bits per heavy atom. The molecule has 0 spiro atoms. The van der Waals surface area contributed by atoms with Gasteiger partial charge in [-0.3, -0.25) is 0 Å². The number of benzene rings is 2. The second-order valence-corrected chi connectivity index (χ2v) is 9.29.